The number of hydrogen-bond acceptors (Lipinski definition) is 2. The highest BCUT2D eigenvalue weighted by Gasteiger charge is 2.35. The van der Waals surface area contributed by atoms with Gasteiger partial charge in [-0.05, 0) is 12.8 Å². The third-order valence-electron chi connectivity index (χ3n) is 3.09. The van der Waals surface area contributed by atoms with Crippen molar-refractivity contribution in [2.75, 3.05) is 0 Å². The molecule has 0 atom stereocenters. The van der Waals surface area contributed by atoms with E-state index in [2.05, 4.69) is 10.4 Å². The first-order chi connectivity index (χ1) is 8.38. The van der Waals surface area contributed by atoms with Gasteiger partial charge >= 0.3 is 6.18 Å². The molecule has 18 heavy (non-hydrogen) atoms. The predicted molar refractivity (Wildman–Crippen MR) is 57.9 cm³/mol. The molecule has 0 unspecified atom stereocenters. The number of aryl methyl sites for hydroxylation is 1. The molecule has 0 radical (unpaired) electrons. The molecule has 0 spiro atoms. The standard InChI is InChI=1S/C11H14F3N3O/c1-17-8(6-9(16-17)11(12,13)14)10(18)15-7-4-2-3-5-7/h6-7H,2-5H2,1H3,(H,15,18). The molecule has 100 valence electrons. The Balaban J connectivity index is 2.12. The van der Waals surface area contributed by atoms with E-state index < -0.39 is 17.8 Å². The van der Waals surface area contributed by atoms with Crippen LogP contribution in [0.3, 0.4) is 0 Å². The van der Waals surface area contributed by atoms with Crippen LogP contribution in [-0.2, 0) is 13.2 Å². The monoisotopic (exact) mass is 261 g/mol. The van der Waals surface area contributed by atoms with Crippen LogP contribution >= 0.6 is 0 Å². The van der Waals surface area contributed by atoms with E-state index in [0.717, 1.165) is 36.4 Å². The molecule has 4 nitrogen and oxygen atoms in total. The Labute approximate surface area is 102 Å². The van der Waals surface area contributed by atoms with Crippen molar-refractivity contribution >= 4 is 5.91 Å². The summed E-state index contributed by atoms with van der Waals surface area (Å²) in [7, 11) is 1.33. The molecule has 1 amide bonds. The van der Waals surface area contributed by atoms with Crippen LogP contribution in [0.1, 0.15) is 41.9 Å². The molecular weight excluding hydrogens is 247 g/mol. The zero-order valence-electron chi connectivity index (χ0n) is 9.92. The zero-order chi connectivity index (χ0) is 13.3. The molecule has 2 rings (SSSR count). The number of aromatic nitrogens is 2. The van der Waals surface area contributed by atoms with E-state index >= 15 is 0 Å². The Morgan fingerprint density at radius 1 is 1.44 bits per heavy atom. The maximum atomic E-state index is 12.4. The minimum absolute atomic E-state index is 0.0609. The third-order valence-corrected chi connectivity index (χ3v) is 3.09. The summed E-state index contributed by atoms with van der Waals surface area (Å²) in [6, 6.07) is 0.853. The molecular formula is C11H14F3N3O. The number of carbonyl (C=O) groups is 1. The summed E-state index contributed by atoms with van der Waals surface area (Å²) in [4.78, 5) is 11.8. The Morgan fingerprint density at radius 2 is 2.06 bits per heavy atom. The highest BCUT2D eigenvalue weighted by atomic mass is 19.4. The molecule has 1 fully saturated rings. The predicted octanol–water partition coefficient (Wildman–Crippen LogP) is 2.11. The van der Waals surface area contributed by atoms with E-state index in [1.165, 1.54) is 7.05 Å². The average Bonchev–Trinajstić information content (AvgIpc) is 2.85. The Hall–Kier alpha value is -1.53. The van der Waals surface area contributed by atoms with Crippen LogP contribution in [0.2, 0.25) is 0 Å². The van der Waals surface area contributed by atoms with Gasteiger partial charge in [-0.25, -0.2) is 0 Å². The van der Waals surface area contributed by atoms with Crippen molar-refractivity contribution in [2.45, 2.75) is 37.9 Å². The van der Waals surface area contributed by atoms with Crippen molar-refractivity contribution in [1.82, 2.24) is 15.1 Å². The number of amides is 1. The Morgan fingerprint density at radius 3 is 2.56 bits per heavy atom. The normalized spacial score (nSPS) is 17.1. The van der Waals surface area contributed by atoms with E-state index in [1.807, 2.05) is 0 Å². The quantitative estimate of drug-likeness (QED) is 0.886. The van der Waals surface area contributed by atoms with Gasteiger partial charge in [-0.3, -0.25) is 9.48 Å². The van der Waals surface area contributed by atoms with Gasteiger partial charge < -0.3 is 5.32 Å². The number of alkyl halides is 3. The molecule has 1 N–H and O–H groups in total. The summed E-state index contributed by atoms with van der Waals surface area (Å²) in [5, 5.41) is 6.04. The topological polar surface area (TPSA) is 46.9 Å². The van der Waals surface area contributed by atoms with Gasteiger partial charge in [-0.1, -0.05) is 12.8 Å². The molecule has 0 aromatic carbocycles. The minimum Gasteiger partial charge on any atom is -0.348 e. The summed E-state index contributed by atoms with van der Waals surface area (Å²) < 4.78 is 38.3. The molecule has 0 bridgehead atoms. The van der Waals surface area contributed by atoms with Crippen LogP contribution in [0.15, 0.2) is 6.07 Å². The molecule has 7 heteroatoms. The van der Waals surface area contributed by atoms with Gasteiger partial charge in [0.15, 0.2) is 5.69 Å². The van der Waals surface area contributed by atoms with Crippen molar-refractivity contribution in [1.29, 1.82) is 0 Å². The average molecular weight is 261 g/mol. The molecule has 1 saturated carbocycles. The van der Waals surface area contributed by atoms with Crippen LogP contribution in [0, 0.1) is 0 Å². The molecule has 1 aliphatic carbocycles. The first-order valence-electron chi connectivity index (χ1n) is 5.80. The SMILES string of the molecule is Cn1nc(C(F)(F)F)cc1C(=O)NC1CCCC1. The number of nitrogens with zero attached hydrogens (tertiary/aromatic N) is 2. The van der Waals surface area contributed by atoms with Crippen molar-refractivity contribution in [2.24, 2.45) is 7.05 Å². The molecule has 0 aliphatic heterocycles. The van der Waals surface area contributed by atoms with E-state index in [-0.39, 0.29) is 11.7 Å². The van der Waals surface area contributed by atoms with Crippen molar-refractivity contribution in [3.8, 4) is 0 Å². The molecule has 1 heterocycles. The fourth-order valence-corrected chi connectivity index (χ4v) is 2.15. The van der Waals surface area contributed by atoms with E-state index in [9.17, 15) is 18.0 Å². The fourth-order valence-electron chi connectivity index (χ4n) is 2.15. The summed E-state index contributed by atoms with van der Waals surface area (Å²) in [6.07, 6.45) is -0.663. The first-order valence-corrected chi connectivity index (χ1v) is 5.80. The smallest absolute Gasteiger partial charge is 0.348 e. The highest BCUT2D eigenvalue weighted by Crippen LogP contribution is 2.28. The lowest BCUT2D eigenvalue weighted by Gasteiger charge is -2.11. The van der Waals surface area contributed by atoms with E-state index in [1.54, 1.807) is 0 Å². The fraction of sp³-hybridized carbons (Fsp3) is 0.636. The second kappa shape index (κ2) is 4.62. The van der Waals surface area contributed by atoms with E-state index in [0.29, 0.717) is 0 Å². The maximum absolute atomic E-state index is 12.4. The largest absolute Gasteiger partial charge is 0.435 e. The number of carbonyl (C=O) groups excluding carboxylic acids is 1. The number of nitrogens with one attached hydrogen (secondary N) is 1. The van der Waals surface area contributed by atoms with Gasteiger partial charge in [-0.15, -0.1) is 0 Å². The van der Waals surface area contributed by atoms with Crippen molar-refractivity contribution < 1.29 is 18.0 Å². The van der Waals surface area contributed by atoms with Crippen LogP contribution in [0.5, 0.6) is 0 Å². The van der Waals surface area contributed by atoms with Crippen LogP contribution in [0.4, 0.5) is 13.2 Å². The van der Waals surface area contributed by atoms with Gasteiger partial charge in [-0.2, -0.15) is 18.3 Å². The van der Waals surface area contributed by atoms with Crippen LogP contribution in [0.25, 0.3) is 0 Å². The molecule has 1 aliphatic rings. The lowest BCUT2D eigenvalue weighted by Crippen LogP contribution is -2.33. The second-order valence-corrected chi connectivity index (χ2v) is 4.49. The molecule has 1 aromatic heterocycles. The van der Waals surface area contributed by atoms with Gasteiger partial charge in [0, 0.05) is 19.2 Å². The van der Waals surface area contributed by atoms with Crippen molar-refractivity contribution in [3.05, 3.63) is 17.5 Å². The van der Waals surface area contributed by atoms with Crippen LogP contribution in [-0.4, -0.2) is 21.7 Å². The van der Waals surface area contributed by atoms with Crippen molar-refractivity contribution in [3.63, 3.8) is 0 Å². The Bertz CT molecular complexity index is 447. The Kier molecular flexibility index (Phi) is 3.32. The minimum atomic E-state index is -4.52. The van der Waals surface area contributed by atoms with Gasteiger partial charge in [0.1, 0.15) is 5.69 Å². The highest BCUT2D eigenvalue weighted by molar-refractivity contribution is 5.92. The summed E-state index contributed by atoms with van der Waals surface area (Å²) in [5.74, 6) is -0.493. The van der Waals surface area contributed by atoms with Gasteiger partial charge in [0.2, 0.25) is 0 Å². The van der Waals surface area contributed by atoms with Gasteiger partial charge in [0.05, 0.1) is 0 Å². The third kappa shape index (κ3) is 2.65. The second-order valence-electron chi connectivity index (χ2n) is 4.49. The van der Waals surface area contributed by atoms with Gasteiger partial charge in [0.25, 0.3) is 5.91 Å². The molecule has 1 aromatic rings. The van der Waals surface area contributed by atoms with Crippen LogP contribution < -0.4 is 5.32 Å². The summed E-state index contributed by atoms with van der Waals surface area (Å²) in [5.41, 5.74) is -1.10. The number of halogens is 3. The number of rotatable bonds is 2. The molecule has 0 saturated heterocycles. The van der Waals surface area contributed by atoms with E-state index in [4.69, 9.17) is 0 Å². The lowest BCUT2D eigenvalue weighted by molar-refractivity contribution is -0.141. The first kappa shape index (κ1) is 12.9. The zero-order valence-corrected chi connectivity index (χ0v) is 9.92. The number of hydrogen-bond donors (Lipinski definition) is 1. The lowest BCUT2D eigenvalue weighted by atomic mass is 10.2. The summed E-state index contributed by atoms with van der Waals surface area (Å²) in [6.45, 7) is 0. The maximum Gasteiger partial charge on any atom is 0.435 e. The summed E-state index contributed by atoms with van der Waals surface area (Å²) >= 11 is 0.